The van der Waals surface area contributed by atoms with Gasteiger partial charge in [0.15, 0.2) is 0 Å². The Morgan fingerprint density at radius 3 is 2.38 bits per heavy atom. The Bertz CT molecular complexity index is 1080. The lowest BCUT2D eigenvalue weighted by Crippen LogP contribution is -2.48. The van der Waals surface area contributed by atoms with Gasteiger partial charge in [-0.25, -0.2) is 9.59 Å². The average Bonchev–Trinajstić information content (AvgIpc) is 3.44. The van der Waals surface area contributed by atoms with Gasteiger partial charge >= 0.3 is 12.1 Å². The zero-order chi connectivity index (χ0) is 24.1. The van der Waals surface area contributed by atoms with Gasteiger partial charge in [0.1, 0.15) is 18.8 Å². The minimum atomic E-state index is -1.21. The third-order valence-corrected chi connectivity index (χ3v) is 6.26. The zero-order valence-corrected chi connectivity index (χ0v) is 18.5. The fourth-order valence-corrected chi connectivity index (χ4v) is 4.57. The lowest BCUT2D eigenvalue weighted by Gasteiger charge is -2.21. The summed E-state index contributed by atoms with van der Waals surface area (Å²) in [6.45, 7) is 0.695. The fraction of sp³-hybridized carbons (Fsp3) is 0.346. The van der Waals surface area contributed by atoms with Gasteiger partial charge in [0.2, 0.25) is 5.91 Å². The molecule has 8 heteroatoms. The van der Waals surface area contributed by atoms with Crippen LogP contribution in [0.2, 0.25) is 0 Å². The van der Waals surface area contributed by atoms with Gasteiger partial charge in [-0.05, 0) is 28.7 Å². The van der Waals surface area contributed by atoms with Crippen LogP contribution in [0.3, 0.4) is 0 Å². The molecule has 0 saturated carbocycles. The molecule has 1 fully saturated rings. The number of fused-ring (bicyclic) bond motifs is 3. The Hall–Kier alpha value is -3.83. The van der Waals surface area contributed by atoms with E-state index in [1.165, 1.54) is 0 Å². The number of hydrogen-bond acceptors (Lipinski definition) is 5. The number of carboxylic acid groups (broad SMARTS) is 1. The number of aliphatic carboxylic acids is 1. The maximum absolute atomic E-state index is 12.5. The lowest BCUT2D eigenvalue weighted by atomic mass is 9.98. The van der Waals surface area contributed by atoms with Gasteiger partial charge in [-0.3, -0.25) is 4.79 Å². The normalized spacial score (nSPS) is 19.4. The highest BCUT2D eigenvalue weighted by atomic mass is 16.5. The number of hydrogen-bond donors (Lipinski definition) is 3. The van der Waals surface area contributed by atoms with Crippen LogP contribution >= 0.6 is 0 Å². The second-order valence-corrected chi connectivity index (χ2v) is 8.35. The number of ether oxygens (including phenoxy) is 2. The van der Waals surface area contributed by atoms with Crippen LogP contribution in [0.25, 0.3) is 11.1 Å². The van der Waals surface area contributed by atoms with Gasteiger partial charge in [-0.1, -0.05) is 48.5 Å². The van der Waals surface area contributed by atoms with Crippen LogP contribution < -0.4 is 10.6 Å². The Balaban J connectivity index is 1.31. The van der Waals surface area contributed by atoms with Gasteiger partial charge < -0.3 is 25.2 Å². The summed E-state index contributed by atoms with van der Waals surface area (Å²) < 4.78 is 11.0. The van der Waals surface area contributed by atoms with E-state index in [-0.39, 0.29) is 31.4 Å². The van der Waals surface area contributed by atoms with Crippen molar-refractivity contribution in [3.63, 3.8) is 0 Å². The van der Waals surface area contributed by atoms with Crippen molar-refractivity contribution < 1.29 is 29.0 Å². The van der Waals surface area contributed by atoms with E-state index in [2.05, 4.69) is 28.7 Å². The first-order valence-corrected chi connectivity index (χ1v) is 11.2. The monoisotopic (exact) mass is 462 g/mol. The van der Waals surface area contributed by atoms with Crippen LogP contribution in [0.4, 0.5) is 4.79 Å². The Morgan fingerprint density at radius 2 is 1.76 bits per heavy atom. The summed E-state index contributed by atoms with van der Waals surface area (Å²) in [5, 5.41) is 14.3. The Labute approximate surface area is 197 Å². The molecule has 34 heavy (non-hydrogen) atoms. The number of terminal acetylenes is 1. The molecule has 3 N–H and O–H groups in total. The van der Waals surface area contributed by atoms with Crippen molar-refractivity contribution in [2.45, 2.75) is 30.9 Å². The molecule has 0 spiro atoms. The standard InChI is InChI=1S/C26H26N2O6/c1-2-7-22(25(30)31)28-24(29)23-16(12-13-33-23)14-27-26(32)34-15-21-19-10-5-3-8-17(19)18-9-4-6-11-20(18)21/h1,3-6,8-11,16,21-23H,7,12-15H2,(H,27,32)(H,28,29)(H,30,31)/t16-,22?,23-/m0/s1. The average molecular weight is 463 g/mol. The third kappa shape index (κ3) is 4.90. The molecule has 1 unspecified atom stereocenters. The zero-order valence-electron chi connectivity index (χ0n) is 18.5. The fourth-order valence-electron chi connectivity index (χ4n) is 4.57. The predicted octanol–water partition coefficient (Wildman–Crippen LogP) is 2.52. The van der Waals surface area contributed by atoms with Crippen LogP contribution in [-0.4, -0.2) is 55.0 Å². The molecule has 2 amide bonds. The number of carboxylic acids is 1. The molecule has 1 aliphatic carbocycles. The molecule has 176 valence electrons. The van der Waals surface area contributed by atoms with Gasteiger partial charge in [-0.15, -0.1) is 12.3 Å². The van der Waals surface area contributed by atoms with Crippen molar-refractivity contribution in [3.05, 3.63) is 59.7 Å². The molecule has 4 rings (SSSR count). The second kappa shape index (κ2) is 10.4. The van der Waals surface area contributed by atoms with Crippen LogP contribution in [0.15, 0.2) is 48.5 Å². The van der Waals surface area contributed by atoms with Crippen LogP contribution in [-0.2, 0) is 19.1 Å². The molecule has 1 aliphatic heterocycles. The molecular weight excluding hydrogens is 436 g/mol. The smallest absolute Gasteiger partial charge is 0.407 e. The summed E-state index contributed by atoms with van der Waals surface area (Å²) in [4.78, 5) is 36.2. The molecular formula is C26H26N2O6. The topological polar surface area (TPSA) is 114 Å². The predicted molar refractivity (Wildman–Crippen MR) is 124 cm³/mol. The highest BCUT2D eigenvalue weighted by Crippen LogP contribution is 2.44. The summed E-state index contributed by atoms with van der Waals surface area (Å²) in [5.74, 6) is 0.119. The van der Waals surface area contributed by atoms with Crippen molar-refractivity contribution in [2.75, 3.05) is 19.8 Å². The van der Waals surface area contributed by atoms with E-state index in [1.54, 1.807) is 0 Å². The maximum atomic E-state index is 12.5. The molecule has 0 aromatic heterocycles. The van der Waals surface area contributed by atoms with E-state index in [0.29, 0.717) is 13.0 Å². The Morgan fingerprint density at radius 1 is 1.12 bits per heavy atom. The van der Waals surface area contributed by atoms with Crippen LogP contribution in [0.1, 0.15) is 29.9 Å². The van der Waals surface area contributed by atoms with Gasteiger partial charge in [0.05, 0.1) is 0 Å². The summed E-state index contributed by atoms with van der Waals surface area (Å²) in [5.41, 5.74) is 4.54. The number of benzene rings is 2. The lowest BCUT2D eigenvalue weighted by molar-refractivity contribution is -0.143. The van der Waals surface area contributed by atoms with Crippen molar-refractivity contribution in [1.29, 1.82) is 0 Å². The molecule has 2 aromatic carbocycles. The van der Waals surface area contributed by atoms with E-state index < -0.39 is 30.1 Å². The van der Waals surface area contributed by atoms with Crippen LogP contribution in [0, 0.1) is 18.3 Å². The molecule has 1 heterocycles. The third-order valence-electron chi connectivity index (χ3n) is 6.26. The molecule has 2 aliphatic rings. The summed E-state index contributed by atoms with van der Waals surface area (Å²) in [6, 6.07) is 15.0. The largest absolute Gasteiger partial charge is 0.480 e. The molecule has 3 atom stereocenters. The maximum Gasteiger partial charge on any atom is 0.407 e. The van der Waals surface area contributed by atoms with Crippen LogP contribution in [0.5, 0.6) is 0 Å². The number of nitrogens with one attached hydrogen (secondary N) is 2. The Kier molecular flexibility index (Phi) is 7.14. The summed E-state index contributed by atoms with van der Waals surface area (Å²) in [6.07, 6.45) is 4.15. The van der Waals surface area contributed by atoms with Crippen molar-refractivity contribution in [1.82, 2.24) is 10.6 Å². The van der Waals surface area contributed by atoms with E-state index in [1.807, 2.05) is 36.4 Å². The number of carbonyl (C=O) groups excluding carboxylic acids is 2. The first-order valence-electron chi connectivity index (χ1n) is 11.2. The second-order valence-electron chi connectivity index (χ2n) is 8.35. The first kappa shape index (κ1) is 23.3. The van der Waals surface area contributed by atoms with Gasteiger partial charge in [0.25, 0.3) is 0 Å². The van der Waals surface area contributed by atoms with E-state index in [4.69, 9.17) is 15.9 Å². The highest BCUT2D eigenvalue weighted by Gasteiger charge is 2.36. The number of alkyl carbamates (subject to hydrolysis) is 1. The molecule has 0 radical (unpaired) electrons. The minimum absolute atomic E-state index is 0.0457. The van der Waals surface area contributed by atoms with E-state index in [0.717, 1.165) is 22.3 Å². The minimum Gasteiger partial charge on any atom is -0.480 e. The molecule has 8 nitrogen and oxygen atoms in total. The van der Waals surface area contributed by atoms with Crippen molar-refractivity contribution in [3.8, 4) is 23.5 Å². The number of rotatable bonds is 8. The van der Waals surface area contributed by atoms with E-state index >= 15 is 0 Å². The molecule has 2 aromatic rings. The van der Waals surface area contributed by atoms with Crippen molar-refractivity contribution >= 4 is 18.0 Å². The number of carbonyl (C=O) groups is 3. The molecule has 0 bridgehead atoms. The summed E-state index contributed by atoms with van der Waals surface area (Å²) in [7, 11) is 0. The van der Waals surface area contributed by atoms with E-state index in [9.17, 15) is 19.5 Å². The van der Waals surface area contributed by atoms with Gasteiger partial charge in [0, 0.05) is 31.4 Å². The quantitative estimate of drug-likeness (QED) is 0.520. The first-order chi connectivity index (χ1) is 16.5. The highest BCUT2D eigenvalue weighted by molar-refractivity contribution is 5.87. The van der Waals surface area contributed by atoms with Gasteiger partial charge in [-0.2, -0.15) is 0 Å². The molecule has 1 saturated heterocycles. The summed E-state index contributed by atoms with van der Waals surface area (Å²) >= 11 is 0. The number of amides is 2. The SMILES string of the molecule is C#CCC(NC(=O)[C@H]1OCC[C@H]1CNC(=O)OCC1c2ccccc2-c2ccccc21)C(=O)O. The van der Waals surface area contributed by atoms with Crippen molar-refractivity contribution in [2.24, 2.45) is 5.92 Å².